The Labute approximate surface area is 140 Å². The van der Waals surface area contributed by atoms with Crippen molar-refractivity contribution in [1.82, 2.24) is 9.97 Å². The molecule has 4 aromatic rings. The second-order valence-electron chi connectivity index (χ2n) is 5.57. The summed E-state index contributed by atoms with van der Waals surface area (Å²) in [4.78, 5) is 9.38. The third-order valence-corrected chi connectivity index (χ3v) is 3.94. The topological polar surface area (TPSA) is 38.9 Å². The normalized spacial score (nSPS) is 11.5. The fraction of sp³-hybridized carbons (Fsp3) is 0.0476. The van der Waals surface area contributed by atoms with Crippen LogP contribution >= 0.6 is 0 Å². The molecule has 0 saturated carbocycles. The monoisotopic (exact) mass is 312 g/mol. The maximum atomic E-state index is 5.97. The number of hydrogen-bond donors (Lipinski definition) is 0. The van der Waals surface area contributed by atoms with Gasteiger partial charge in [-0.05, 0) is 13.0 Å². The largest absolute Gasteiger partial charge is 0.438 e. The summed E-state index contributed by atoms with van der Waals surface area (Å²) in [6.07, 6.45) is 3.83. The van der Waals surface area contributed by atoms with Crippen LogP contribution in [0.25, 0.3) is 38.9 Å². The summed E-state index contributed by atoms with van der Waals surface area (Å²) >= 11 is 0. The summed E-state index contributed by atoms with van der Waals surface area (Å²) in [7, 11) is 0. The second kappa shape index (κ2) is 5.78. The molecule has 2 heterocycles. The molecule has 0 aliphatic rings. The Kier molecular flexibility index (Phi) is 3.47. The molecule has 0 amide bonds. The molecule has 3 heteroatoms. The molecule has 0 unspecified atom stereocenters. The molecule has 0 saturated heterocycles. The van der Waals surface area contributed by atoms with Gasteiger partial charge in [-0.3, -0.25) is 0 Å². The van der Waals surface area contributed by atoms with Gasteiger partial charge in [-0.2, -0.15) is 4.98 Å². The average molecular weight is 312 g/mol. The number of nitrogens with zero attached hydrogens (tertiary/aromatic N) is 2. The predicted molar refractivity (Wildman–Crippen MR) is 98.6 cm³/mol. The lowest BCUT2D eigenvalue weighted by atomic mass is 10.1. The molecule has 0 radical (unpaired) electrons. The van der Waals surface area contributed by atoms with Gasteiger partial charge in [0.05, 0.1) is 11.1 Å². The lowest BCUT2D eigenvalue weighted by Gasteiger charge is -2.06. The first-order valence-electron chi connectivity index (χ1n) is 7.84. The Morgan fingerprint density at radius 3 is 2.54 bits per heavy atom. The van der Waals surface area contributed by atoms with Gasteiger partial charge >= 0.3 is 0 Å². The third-order valence-electron chi connectivity index (χ3n) is 3.94. The highest BCUT2D eigenvalue weighted by atomic mass is 16.3. The van der Waals surface area contributed by atoms with E-state index in [1.807, 2.05) is 73.7 Å². The highest BCUT2D eigenvalue weighted by molar-refractivity contribution is 6.10. The van der Waals surface area contributed by atoms with Gasteiger partial charge in [-0.1, -0.05) is 67.3 Å². The van der Waals surface area contributed by atoms with Crippen LogP contribution in [0.15, 0.2) is 77.7 Å². The van der Waals surface area contributed by atoms with E-state index in [9.17, 15) is 0 Å². The second-order valence-corrected chi connectivity index (χ2v) is 5.57. The zero-order valence-corrected chi connectivity index (χ0v) is 13.4. The fourth-order valence-corrected chi connectivity index (χ4v) is 2.85. The van der Waals surface area contributed by atoms with Crippen LogP contribution in [-0.2, 0) is 0 Å². The lowest BCUT2D eigenvalue weighted by Crippen LogP contribution is -1.95. The van der Waals surface area contributed by atoms with Gasteiger partial charge < -0.3 is 4.42 Å². The van der Waals surface area contributed by atoms with Crippen LogP contribution in [-0.4, -0.2) is 9.97 Å². The van der Waals surface area contributed by atoms with E-state index in [-0.39, 0.29) is 0 Å². The van der Waals surface area contributed by atoms with Crippen molar-refractivity contribution in [1.29, 1.82) is 0 Å². The van der Waals surface area contributed by atoms with Crippen molar-refractivity contribution in [3.05, 3.63) is 79.2 Å². The van der Waals surface area contributed by atoms with Gasteiger partial charge in [0.1, 0.15) is 5.58 Å². The molecule has 2 aromatic heterocycles. The maximum absolute atomic E-state index is 5.97. The van der Waals surface area contributed by atoms with Crippen LogP contribution < -0.4 is 0 Å². The van der Waals surface area contributed by atoms with Crippen LogP contribution in [0.3, 0.4) is 0 Å². The Bertz CT molecular complexity index is 1080. The van der Waals surface area contributed by atoms with Crippen molar-refractivity contribution in [3.8, 4) is 11.3 Å². The van der Waals surface area contributed by atoms with Crippen LogP contribution in [0.2, 0.25) is 0 Å². The van der Waals surface area contributed by atoms with Crippen LogP contribution in [0, 0.1) is 0 Å². The number of fused-ring (bicyclic) bond motifs is 3. The van der Waals surface area contributed by atoms with E-state index in [2.05, 4.69) is 11.6 Å². The first-order valence-corrected chi connectivity index (χ1v) is 7.84. The molecule has 0 bridgehead atoms. The van der Waals surface area contributed by atoms with Crippen LogP contribution in [0.5, 0.6) is 0 Å². The first kappa shape index (κ1) is 14.4. The molecule has 0 spiro atoms. The molecule has 0 aliphatic carbocycles. The molecule has 0 fully saturated rings. The SMILES string of the molecule is C=C(/C=C\C)c1nc(-c2ccccc2)c2c(n1)oc1ccccc12. The Balaban J connectivity index is 2.10. The van der Waals surface area contributed by atoms with E-state index >= 15 is 0 Å². The predicted octanol–water partition coefficient (Wildman–Crippen LogP) is 5.63. The van der Waals surface area contributed by atoms with Crippen LogP contribution in [0.4, 0.5) is 0 Å². The number of furan rings is 1. The number of hydrogen-bond acceptors (Lipinski definition) is 3. The number of para-hydroxylation sites is 1. The smallest absolute Gasteiger partial charge is 0.231 e. The van der Waals surface area contributed by atoms with Crippen molar-refractivity contribution in [3.63, 3.8) is 0 Å². The first-order chi connectivity index (χ1) is 11.8. The zero-order chi connectivity index (χ0) is 16.5. The van der Waals surface area contributed by atoms with Gasteiger partial charge in [0.2, 0.25) is 5.71 Å². The summed E-state index contributed by atoms with van der Waals surface area (Å²) in [5.41, 5.74) is 4.06. The van der Waals surface area contributed by atoms with Crippen molar-refractivity contribution in [2.45, 2.75) is 6.92 Å². The fourth-order valence-electron chi connectivity index (χ4n) is 2.85. The van der Waals surface area contributed by atoms with Gasteiger partial charge in [0.25, 0.3) is 0 Å². The number of benzene rings is 2. The summed E-state index contributed by atoms with van der Waals surface area (Å²) in [5, 5.41) is 1.96. The average Bonchev–Trinajstić information content (AvgIpc) is 3.00. The molecule has 116 valence electrons. The van der Waals surface area contributed by atoms with Gasteiger partial charge in [-0.25, -0.2) is 4.98 Å². The summed E-state index contributed by atoms with van der Waals surface area (Å²) < 4.78 is 5.97. The third kappa shape index (κ3) is 2.31. The van der Waals surface area contributed by atoms with E-state index < -0.39 is 0 Å². The Morgan fingerprint density at radius 1 is 1.00 bits per heavy atom. The van der Waals surface area contributed by atoms with E-state index in [0.717, 1.165) is 33.2 Å². The number of rotatable bonds is 3. The minimum atomic E-state index is 0.582. The molecular formula is C21H16N2O. The Hall–Kier alpha value is -3.20. The highest BCUT2D eigenvalue weighted by Gasteiger charge is 2.17. The van der Waals surface area contributed by atoms with Crippen molar-refractivity contribution >= 4 is 27.6 Å². The van der Waals surface area contributed by atoms with E-state index in [4.69, 9.17) is 9.40 Å². The quantitative estimate of drug-likeness (QED) is 0.460. The number of allylic oxidation sites excluding steroid dienone is 3. The summed E-state index contributed by atoms with van der Waals surface area (Å²) in [6.45, 7) is 6.00. The van der Waals surface area contributed by atoms with Crippen molar-refractivity contribution in [2.24, 2.45) is 0 Å². The molecule has 24 heavy (non-hydrogen) atoms. The van der Waals surface area contributed by atoms with E-state index in [1.54, 1.807) is 0 Å². The molecule has 3 nitrogen and oxygen atoms in total. The lowest BCUT2D eigenvalue weighted by molar-refractivity contribution is 0.652. The minimum Gasteiger partial charge on any atom is -0.438 e. The molecule has 0 N–H and O–H groups in total. The Morgan fingerprint density at radius 2 is 1.75 bits per heavy atom. The van der Waals surface area contributed by atoms with E-state index in [0.29, 0.717) is 11.5 Å². The minimum absolute atomic E-state index is 0.582. The molecule has 0 atom stereocenters. The summed E-state index contributed by atoms with van der Waals surface area (Å²) in [5.74, 6) is 0.582. The number of aromatic nitrogens is 2. The maximum Gasteiger partial charge on any atom is 0.231 e. The van der Waals surface area contributed by atoms with Crippen LogP contribution in [0.1, 0.15) is 12.7 Å². The molecule has 2 aromatic carbocycles. The van der Waals surface area contributed by atoms with Crippen molar-refractivity contribution < 1.29 is 4.42 Å². The summed E-state index contributed by atoms with van der Waals surface area (Å²) in [6, 6.07) is 18.0. The standard InChI is InChI=1S/C21H16N2O/c1-3-9-14(2)20-22-19(15-10-5-4-6-11-15)18-16-12-7-8-13-17(16)24-21(18)23-20/h3-13H,2H2,1H3/b9-3-. The van der Waals surface area contributed by atoms with Crippen molar-refractivity contribution in [2.75, 3.05) is 0 Å². The van der Waals surface area contributed by atoms with Gasteiger partial charge in [0.15, 0.2) is 5.82 Å². The van der Waals surface area contributed by atoms with Gasteiger partial charge in [-0.15, -0.1) is 0 Å². The highest BCUT2D eigenvalue weighted by Crippen LogP contribution is 2.35. The molecule has 0 aliphatic heterocycles. The molecule has 4 rings (SSSR count). The van der Waals surface area contributed by atoms with E-state index in [1.165, 1.54) is 0 Å². The molecular weight excluding hydrogens is 296 g/mol. The van der Waals surface area contributed by atoms with Gasteiger partial charge in [0, 0.05) is 16.5 Å². The zero-order valence-electron chi connectivity index (χ0n) is 13.4.